The van der Waals surface area contributed by atoms with Gasteiger partial charge in [0.15, 0.2) is 0 Å². The highest BCUT2D eigenvalue weighted by molar-refractivity contribution is 5.95. The molecule has 134 valence electrons. The Bertz CT molecular complexity index is 782. The van der Waals surface area contributed by atoms with Gasteiger partial charge in [-0.25, -0.2) is 9.37 Å². The number of carbonyl (C=O) groups is 1. The fourth-order valence-electron chi connectivity index (χ4n) is 3.39. The zero-order valence-corrected chi connectivity index (χ0v) is 14.5. The van der Waals surface area contributed by atoms with Crippen LogP contribution in [0, 0.1) is 11.7 Å². The maximum atomic E-state index is 13.9. The van der Waals surface area contributed by atoms with Gasteiger partial charge in [0, 0.05) is 38.1 Å². The molecule has 2 heterocycles. The molecule has 0 radical (unpaired) electrons. The topological polar surface area (TPSA) is 62.7 Å². The Morgan fingerprint density at radius 3 is 2.96 bits per heavy atom. The van der Waals surface area contributed by atoms with Crippen molar-refractivity contribution in [2.75, 3.05) is 26.8 Å². The summed E-state index contributed by atoms with van der Waals surface area (Å²) in [5.74, 6) is -0.739. The predicted molar refractivity (Wildman–Crippen MR) is 92.8 cm³/mol. The molecule has 1 aromatic carbocycles. The Kier molecular flexibility index (Phi) is 5.01. The van der Waals surface area contributed by atoms with Crippen molar-refractivity contribution >= 4 is 16.8 Å². The highest BCUT2D eigenvalue weighted by Crippen LogP contribution is 2.31. The molecule has 0 bridgehead atoms. The normalized spacial score (nSPS) is 23.8. The number of likely N-dealkylation sites (tertiary alicyclic amines) is 1. The average Bonchev–Trinajstić information content (AvgIpc) is 2.62. The number of para-hydroxylation sites is 1. The first-order valence-corrected chi connectivity index (χ1v) is 8.50. The van der Waals surface area contributed by atoms with Crippen LogP contribution in [-0.2, 0) is 4.74 Å². The summed E-state index contributed by atoms with van der Waals surface area (Å²) in [6, 6.07) is 8.05. The van der Waals surface area contributed by atoms with Gasteiger partial charge in [-0.05, 0) is 25.0 Å². The van der Waals surface area contributed by atoms with Gasteiger partial charge in [-0.15, -0.1) is 0 Å². The number of amides is 1. The third-order valence-electron chi connectivity index (χ3n) is 5.14. The number of hydrogen-bond donors (Lipinski definition) is 1. The second-order valence-electron chi connectivity index (χ2n) is 6.76. The molecule has 2 aromatic rings. The summed E-state index contributed by atoms with van der Waals surface area (Å²) in [7, 11) is 1.61. The monoisotopic (exact) mass is 346 g/mol. The van der Waals surface area contributed by atoms with E-state index in [4.69, 9.17) is 4.74 Å². The Hall–Kier alpha value is -2.05. The molecule has 0 spiro atoms. The molecule has 1 aliphatic heterocycles. The van der Waals surface area contributed by atoms with E-state index in [2.05, 4.69) is 4.98 Å². The third kappa shape index (κ3) is 3.50. The van der Waals surface area contributed by atoms with Gasteiger partial charge in [0.25, 0.3) is 5.91 Å². The van der Waals surface area contributed by atoms with Gasteiger partial charge in [0.05, 0.1) is 5.60 Å². The number of nitrogens with zero attached hydrogens (tertiary/aromatic N) is 2. The van der Waals surface area contributed by atoms with Crippen molar-refractivity contribution in [2.45, 2.75) is 25.4 Å². The summed E-state index contributed by atoms with van der Waals surface area (Å²) in [6.07, 6.45) is 1.04. The van der Waals surface area contributed by atoms with Crippen LogP contribution >= 0.6 is 0 Å². The molecule has 5 nitrogen and oxygen atoms in total. The number of carbonyl (C=O) groups excluding carboxylic acids is 1. The van der Waals surface area contributed by atoms with E-state index in [-0.39, 0.29) is 23.0 Å². The molecule has 1 N–H and O–H groups in total. The maximum Gasteiger partial charge on any atom is 0.272 e. The molecule has 2 atom stereocenters. The van der Waals surface area contributed by atoms with E-state index in [1.54, 1.807) is 36.3 Å². The third-order valence-corrected chi connectivity index (χ3v) is 5.14. The number of hydrogen-bond acceptors (Lipinski definition) is 4. The lowest BCUT2D eigenvalue weighted by molar-refractivity contribution is -0.0750. The van der Waals surface area contributed by atoms with Crippen molar-refractivity contribution in [1.29, 1.82) is 0 Å². The fraction of sp³-hybridized carbons (Fsp3) is 0.474. The number of fused-ring (bicyclic) bond motifs is 1. The Labute approximate surface area is 146 Å². The lowest BCUT2D eigenvalue weighted by Gasteiger charge is -2.43. The van der Waals surface area contributed by atoms with Crippen LogP contribution < -0.4 is 0 Å². The molecular weight excluding hydrogens is 323 g/mol. The molecule has 0 saturated carbocycles. The molecular formula is C19H23FN2O3. The van der Waals surface area contributed by atoms with E-state index in [1.807, 2.05) is 6.92 Å². The number of piperidine rings is 1. The van der Waals surface area contributed by atoms with Crippen LogP contribution in [0.2, 0.25) is 0 Å². The molecule has 25 heavy (non-hydrogen) atoms. The van der Waals surface area contributed by atoms with Crippen molar-refractivity contribution in [2.24, 2.45) is 5.92 Å². The lowest BCUT2D eigenvalue weighted by atomic mass is 9.80. The Morgan fingerprint density at radius 1 is 1.44 bits per heavy atom. The molecule has 1 saturated heterocycles. The van der Waals surface area contributed by atoms with Gasteiger partial charge < -0.3 is 14.7 Å². The number of ether oxygens (including phenoxy) is 1. The zero-order chi connectivity index (χ0) is 18.0. The molecule has 1 fully saturated rings. The second kappa shape index (κ2) is 7.06. The minimum Gasteiger partial charge on any atom is -0.389 e. The molecule has 1 aliphatic rings. The van der Waals surface area contributed by atoms with E-state index >= 15 is 0 Å². The van der Waals surface area contributed by atoms with Crippen molar-refractivity contribution < 1.29 is 19.0 Å². The largest absolute Gasteiger partial charge is 0.389 e. The summed E-state index contributed by atoms with van der Waals surface area (Å²) in [5.41, 5.74) is -0.391. The highest BCUT2D eigenvalue weighted by Gasteiger charge is 2.40. The smallest absolute Gasteiger partial charge is 0.272 e. The minimum absolute atomic E-state index is 0.0717. The number of aliphatic hydroxyl groups is 1. The maximum absolute atomic E-state index is 13.9. The molecule has 1 aromatic heterocycles. The van der Waals surface area contributed by atoms with Crippen molar-refractivity contribution in [3.8, 4) is 0 Å². The summed E-state index contributed by atoms with van der Waals surface area (Å²) in [6.45, 7) is 3.30. The van der Waals surface area contributed by atoms with Gasteiger partial charge >= 0.3 is 0 Å². The zero-order valence-electron chi connectivity index (χ0n) is 14.5. The van der Waals surface area contributed by atoms with E-state index in [0.29, 0.717) is 37.9 Å². The van der Waals surface area contributed by atoms with E-state index < -0.39 is 11.4 Å². The number of benzene rings is 1. The van der Waals surface area contributed by atoms with Gasteiger partial charge in [-0.1, -0.05) is 25.1 Å². The van der Waals surface area contributed by atoms with Crippen LogP contribution in [0.4, 0.5) is 4.39 Å². The fourth-order valence-corrected chi connectivity index (χ4v) is 3.39. The van der Waals surface area contributed by atoms with Crippen molar-refractivity contribution in [3.63, 3.8) is 0 Å². The van der Waals surface area contributed by atoms with Gasteiger partial charge in [-0.3, -0.25) is 4.79 Å². The number of halogens is 1. The summed E-state index contributed by atoms with van der Waals surface area (Å²) < 4.78 is 19.0. The van der Waals surface area contributed by atoms with Crippen LogP contribution in [0.1, 0.15) is 30.3 Å². The van der Waals surface area contributed by atoms with Gasteiger partial charge in [0.1, 0.15) is 17.0 Å². The van der Waals surface area contributed by atoms with Crippen LogP contribution in [0.25, 0.3) is 10.9 Å². The van der Waals surface area contributed by atoms with Crippen LogP contribution in [0.5, 0.6) is 0 Å². The van der Waals surface area contributed by atoms with Crippen molar-refractivity contribution in [3.05, 3.63) is 41.8 Å². The number of rotatable bonds is 4. The average molecular weight is 346 g/mol. The molecule has 6 heteroatoms. The highest BCUT2D eigenvalue weighted by atomic mass is 19.1. The summed E-state index contributed by atoms with van der Waals surface area (Å²) in [5, 5.41) is 11.4. The molecule has 0 unspecified atom stereocenters. The number of methoxy groups -OCH3 is 1. The Morgan fingerprint density at radius 2 is 2.24 bits per heavy atom. The molecule has 3 rings (SSSR count). The van der Waals surface area contributed by atoms with Crippen LogP contribution in [0.3, 0.4) is 0 Å². The first-order valence-electron chi connectivity index (χ1n) is 8.50. The number of aromatic nitrogens is 1. The predicted octanol–water partition coefficient (Wildman–Crippen LogP) is 2.62. The number of pyridine rings is 1. The van der Waals surface area contributed by atoms with Gasteiger partial charge in [0.2, 0.25) is 0 Å². The van der Waals surface area contributed by atoms with E-state index in [9.17, 15) is 14.3 Å². The first-order chi connectivity index (χ1) is 11.9. The van der Waals surface area contributed by atoms with E-state index in [1.165, 1.54) is 6.07 Å². The van der Waals surface area contributed by atoms with Crippen LogP contribution in [-0.4, -0.2) is 53.3 Å². The Balaban J connectivity index is 1.77. The minimum atomic E-state index is -0.824. The quantitative estimate of drug-likeness (QED) is 0.924. The van der Waals surface area contributed by atoms with E-state index in [0.717, 1.165) is 0 Å². The van der Waals surface area contributed by atoms with Gasteiger partial charge in [-0.2, -0.15) is 0 Å². The lowest BCUT2D eigenvalue weighted by Crippen LogP contribution is -2.53. The second-order valence-corrected chi connectivity index (χ2v) is 6.76. The standard InChI is InChI=1S/C19H23FN2O3/c1-13-12-22(10-8-19(13,24)9-11-25-2)18(23)16-7-6-14-4-3-5-15(20)17(14)21-16/h3-7,13,24H,8-12H2,1-2H3/t13-,19-/m0/s1. The van der Waals surface area contributed by atoms with Crippen molar-refractivity contribution in [1.82, 2.24) is 9.88 Å². The first kappa shape index (κ1) is 17.8. The summed E-state index contributed by atoms with van der Waals surface area (Å²) in [4.78, 5) is 18.7. The molecule has 1 amide bonds. The SMILES string of the molecule is COCC[C@@]1(O)CCN(C(=O)c2ccc3cccc(F)c3n2)C[C@@H]1C. The molecule has 0 aliphatic carbocycles. The summed E-state index contributed by atoms with van der Waals surface area (Å²) >= 11 is 0. The van der Waals surface area contributed by atoms with Crippen LogP contribution in [0.15, 0.2) is 30.3 Å².